The number of alkyl halides is 3. The van der Waals surface area contributed by atoms with Crippen molar-refractivity contribution in [3.8, 4) is 16.9 Å². The van der Waals surface area contributed by atoms with Crippen LogP contribution in [0.4, 0.5) is 13.2 Å². The largest absolute Gasteiger partial charge is 0.435 e. The zero-order valence-corrected chi connectivity index (χ0v) is 16.5. The molecule has 10 heteroatoms. The Morgan fingerprint density at radius 2 is 1.80 bits per heavy atom. The van der Waals surface area contributed by atoms with E-state index in [0.717, 1.165) is 41.6 Å². The van der Waals surface area contributed by atoms with E-state index in [1.54, 1.807) is 6.07 Å². The number of nitrogens with two attached hydrogens (primary N) is 1. The number of aliphatic hydroxyl groups is 1. The number of aromatic nitrogens is 2. The quantitative estimate of drug-likeness (QED) is 0.655. The number of hydrogen-bond acceptors (Lipinski definition) is 4. The third kappa shape index (κ3) is 3.73. The van der Waals surface area contributed by atoms with Crippen molar-refractivity contribution in [3.05, 3.63) is 64.8 Å². The van der Waals surface area contributed by atoms with Gasteiger partial charge in [0.1, 0.15) is 0 Å². The Labute approximate surface area is 170 Å². The highest BCUT2D eigenvalue weighted by Crippen LogP contribution is 2.35. The lowest BCUT2D eigenvalue weighted by atomic mass is 10.0. The number of aryl methyl sites for hydroxylation is 2. The molecule has 1 aliphatic carbocycles. The highest BCUT2D eigenvalue weighted by Gasteiger charge is 2.35. The molecule has 6 nitrogen and oxygen atoms in total. The second kappa shape index (κ2) is 7.22. The SMILES string of the molecule is NS(=O)(=O)c1ccc(-n2nc(C(F)(F)F)cc2-c2ccc3c(c2)CCC3)cc1CO. The van der Waals surface area contributed by atoms with Crippen molar-refractivity contribution in [2.45, 2.75) is 36.9 Å². The number of nitrogens with zero attached hydrogens (tertiary/aromatic N) is 2. The first-order valence-electron chi connectivity index (χ1n) is 9.14. The van der Waals surface area contributed by atoms with E-state index >= 15 is 0 Å². The summed E-state index contributed by atoms with van der Waals surface area (Å²) in [5.74, 6) is 0. The number of halogens is 3. The molecule has 0 amide bonds. The van der Waals surface area contributed by atoms with Crippen molar-refractivity contribution < 1.29 is 26.7 Å². The summed E-state index contributed by atoms with van der Waals surface area (Å²) in [6.45, 7) is -0.652. The van der Waals surface area contributed by atoms with Crippen molar-refractivity contribution in [2.75, 3.05) is 0 Å². The van der Waals surface area contributed by atoms with E-state index in [1.807, 2.05) is 12.1 Å². The van der Waals surface area contributed by atoms with Gasteiger partial charge in [-0.25, -0.2) is 18.2 Å². The van der Waals surface area contributed by atoms with Crippen molar-refractivity contribution in [3.63, 3.8) is 0 Å². The molecule has 0 fully saturated rings. The van der Waals surface area contributed by atoms with Crippen LogP contribution in [0.5, 0.6) is 0 Å². The zero-order valence-electron chi connectivity index (χ0n) is 15.6. The Morgan fingerprint density at radius 3 is 2.47 bits per heavy atom. The molecule has 0 saturated heterocycles. The summed E-state index contributed by atoms with van der Waals surface area (Å²) in [6, 6.07) is 10.2. The van der Waals surface area contributed by atoms with Crippen LogP contribution in [0.25, 0.3) is 16.9 Å². The van der Waals surface area contributed by atoms with E-state index in [4.69, 9.17) is 5.14 Å². The van der Waals surface area contributed by atoms with Crippen LogP contribution in [0.3, 0.4) is 0 Å². The molecule has 1 aliphatic rings. The van der Waals surface area contributed by atoms with E-state index < -0.39 is 28.5 Å². The highest BCUT2D eigenvalue weighted by molar-refractivity contribution is 7.89. The van der Waals surface area contributed by atoms with Gasteiger partial charge in [0.05, 0.1) is 22.9 Å². The minimum absolute atomic E-state index is 0.0287. The van der Waals surface area contributed by atoms with Gasteiger partial charge in [0.2, 0.25) is 10.0 Å². The first-order valence-corrected chi connectivity index (χ1v) is 10.7. The molecule has 0 spiro atoms. The molecule has 1 heterocycles. The number of benzene rings is 2. The average molecular weight is 437 g/mol. The van der Waals surface area contributed by atoms with Gasteiger partial charge in [-0.3, -0.25) is 0 Å². The van der Waals surface area contributed by atoms with Gasteiger partial charge in [-0.05, 0) is 66.3 Å². The Kier molecular flexibility index (Phi) is 4.95. The number of hydrogen-bond donors (Lipinski definition) is 2. The molecule has 3 N–H and O–H groups in total. The number of rotatable bonds is 4. The number of sulfonamides is 1. The van der Waals surface area contributed by atoms with E-state index in [0.29, 0.717) is 5.56 Å². The van der Waals surface area contributed by atoms with Crippen LogP contribution in [-0.2, 0) is 35.6 Å². The standard InChI is InChI=1S/C20H18F3N3O3S/c21-20(22,23)19-10-17(14-5-4-12-2-1-3-13(12)8-14)26(25-19)16-6-7-18(30(24,28)29)15(9-16)11-27/h4-10,27H,1-3,11H2,(H2,24,28,29). The monoisotopic (exact) mass is 437 g/mol. The molecule has 158 valence electrons. The van der Waals surface area contributed by atoms with Crippen LogP contribution >= 0.6 is 0 Å². The normalized spacial score (nSPS) is 14.2. The summed E-state index contributed by atoms with van der Waals surface area (Å²) in [5.41, 5.74) is 2.13. The van der Waals surface area contributed by atoms with Crippen molar-refractivity contribution in [2.24, 2.45) is 5.14 Å². The predicted molar refractivity (Wildman–Crippen MR) is 103 cm³/mol. The minimum atomic E-state index is -4.66. The summed E-state index contributed by atoms with van der Waals surface area (Å²) in [6.07, 6.45) is -1.85. The smallest absolute Gasteiger partial charge is 0.392 e. The zero-order chi connectivity index (χ0) is 21.7. The van der Waals surface area contributed by atoms with Gasteiger partial charge in [-0.1, -0.05) is 12.1 Å². The topological polar surface area (TPSA) is 98.2 Å². The first-order chi connectivity index (χ1) is 14.1. The first kappa shape index (κ1) is 20.6. The highest BCUT2D eigenvalue weighted by atomic mass is 32.2. The van der Waals surface area contributed by atoms with Crippen LogP contribution in [0.15, 0.2) is 47.4 Å². The molecule has 30 heavy (non-hydrogen) atoms. The molecule has 0 saturated carbocycles. The Balaban J connectivity index is 1.91. The maximum Gasteiger partial charge on any atom is 0.435 e. The predicted octanol–water partition coefficient (Wildman–Crippen LogP) is 3.19. The Morgan fingerprint density at radius 1 is 1.07 bits per heavy atom. The van der Waals surface area contributed by atoms with Gasteiger partial charge in [-0.2, -0.15) is 18.3 Å². The van der Waals surface area contributed by atoms with Gasteiger partial charge in [-0.15, -0.1) is 0 Å². The number of aliphatic hydroxyl groups excluding tert-OH is 1. The van der Waals surface area contributed by atoms with Crippen molar-refractivity contribution in [1.29, 1.82) is 0 Å². The van der Waals surface area contributed by atoms with E-state index in [-0.39, 0.29) is 21.8 Å². The summed E-state index contributed by atoms with van der Waals surface area (Å²) in [4.78, 5) is -0.295. The molecule has 0 bridgehead atoms. The van der Waals surface area contributed by atoms with Crippen LogP contribution in [-0.4, -0.2) is 23.3 Å². The van der Waals surface area contributed by atoms with Crippen LogP contribution in [0.1, 0.15) is 28.8 Å². The second-order valence-electron chi connectivity index (χ2n) is 7.16. The second-order valence-corrected chi connectivity index (χ2v) is 8.69. The fourth-order valence-corrected chi connectivity index (χ4v) is 4.50. The number of primary sulfonamides is 1. The van der Waals surface area contributed by atoms with Gasteiger partial charge < -0.3 is 5.11 Å². The Hall–Kier alpha value is -2.69. The Bertz CT molecular complexity index is 1230. The summed E-state index contributed by atoms with van der Waals surface area (Å²) in [5, 5.41) is 18.4. The lowest BCUT2D eigenvalue weighted by molar-refractivity contribution is -0.141. The lowest BCUT2D eigenvalue weighted by Crippen LogP contribution is -2.15. The van der Waals surface area contributed by atoms with E-state index in [9.17, 15) is 26.7 Å². The molecule has 3 aromatic rings. The fraction of sp³-hybridized carbons (Fsp3) is 0.250. The molecule has 0 atom stereocenters. The third-order valence-corrected chi connectivity index (χ3v) is 6.17. The van der Waals surface area contributed by atoms with Crippen LogP contribution < -0.4 is 5.14 Å². The van der Waals surface area contributed by atoms with Gasteiger partial charge in [0.15, 0.2) is 5.69 Å². The summed E-state index contributed by atoms with van der Waals surface area (Å²) in [7, 11) is -4.10. The fourth-order valence-electron chi connectivity index (χ4n) is 3.75. The minimum Gasteiger partial charge on any atom is -0.392 e. The molecular weight excluding hydrogens is 419 g/mol. The number of fused-ring (bicyclic) bond motifs is 1. The molecule has 0 radical (unpaired) electrons. The van der Waals surface area contributed by atoms with Crippen molar-refractivity contribution >= 4 is 10.0 Å². The molecule has 4 rings (SSSR count). The van der Waals surface area contributed by atoms with E-state index in [1.165, 1.54) is 17.7 Å². The molecule has 0 aliphatic heterocycles. The molecule has 0 unspecified atom stereocenters. The molecule has 1 aromatic heterocycles. The van der Waals surface area contributed by atoms with Gasteiger partial charge in [0, 0.05) is 5.56 Å². The van der Waals surface area contributed by atoms with Gasteiger partial charge in [0.25, 0.3) is 0 Å². The molecular formula is C20H18F3N3O3S. The summed E-state index contributed by atoms with van der Waals surface area (Å²) >= 11 is 0. The van der Waals surface area contributed by atoms with Crippen molar-refractivity contribution in [1.82, 2.24) is 9.78 Å². The maximum atomic E-state index is 13.4. The third-order valence-electron chi connectivity index (χ3n) is 5.16. The van der Waals surface area contributed by atoms with Crippen LogP contribution in [0, 0.1) is 0 Å². The molecule has 2 aromatic carbocycles. The summed E-state index contributed by atoms with van der Waals surface area (Å²) < 4.78 is 64.6. The average Bonchev–Trinajstić information content (AvgIpc) is 3.32. The maximum absolute atomic E-state index is 13.4. The van der Waals surface area contributed by atoms with Gasteiger partial charge >= 0.3 is 6.18 Å². The van der Waals surface area contributed by atoms with Crippen LogP contribution in [0.2, 0.25) is 0 Å². The van der Waals surface area contributed by atoms with E-state index in [2.05, 4.69) is 5.10 Å². The lowest BCUT2D eigenvalue weighted by Gasteiger charge is -2.12.